The van der Waals surface area contributed by atoms with Gasteiger partial charge in [-0.05, 0) is 30.7 Å². The summed E-state index contributed by atoms with van der Waals surface area (Å²) in [6.07, 6.45) is -0.965. The van der Waals surface area contributed by atoms with Crippen molar-refractivity contribution in [2.24, 2.45) is 0 Å². The highest BCUT2D eigenvalue weighted by Crippen LogP contribution is 2.38. The van der Waals surface area contributed by atoms with E-state index >= 15 is 0 Å². The molecular formula is C10H23O5PSi-2. The van der Waals surface area contributed by atoms with Crippen LogP contribution in [0.1, 0.15) is 27.2 Å². The summed E-state index contributed by atoms with van der Waals surface area (Å²) in [5, 5.41) is 9.14. The van der Waals surface area contributed by atoms with Crippen LogP contribution in [0.4, 0.5) is 0 Å². The molecule has 0 aromatic rings. The lowest BCUT2D eigenvalue weighted by Crippen LogP contribution is -2.45. The third kappa shape index (κ3) is 6.69. The third-order valence-corrected chi connectivity index (χ3v) is 8.54. The Bertz CT molecular complexity index is 281. The van der Waals surface area contributed by atoms with Gasteiger partial charge in [-0.3, -0.25) is 0 Å². The predicted octanol–water partition coefficient (Wildman–Crippen LogP) is 0.673. The highest BCUT2D eigenvalue weighted by atomic mass is 31.2. The average Bonchev–Trinajstić information content (AvgIpc) is 2.08. The second-order valence-corrected chi connectivity index (χ2v) is 12.2. The number of aliphatic hydroxyl groups excluding tert-OH is 1. The zero-order chi connectivity index (χ0) is 13.9. The molecular weight excluding hydrogens is 259 g/mol. The van der Waals surface area contributed by atoms with E-state index in [0.717, 1.165) is 0 Å². The van der Waals surface area contributed by atoms with Crippen molar-refractivity contribution >= 4 is 15.9 Å². The minimum atomic E-state index is -4.51. The first-order valence-corrected chi connectivity index (χ1v) is 10.3. The van der Waals surface area contributed by atoms with Crippen molar-refractivity contribution in [3.63, 3.8) is 0 Å². The predicted molar refractivity (Wildman–Crippen MR) is 66.2 cm³/mol. The summed E-state index contributed by atoms with van der Waals surface area (Å²) in [7, 11) is -6.55. The molecule has 0 amide bonds. The quantitative estimate of drug-likeness (QED) is 0.571. The van der Waals surface area contributed by atoms with Gasteiger partial charge in [0.15, 0.2) is 8.32 Å². The number of aliphatic hydroxyl groups is 1. The van der Waals surface area contributed by atoms with Gasteiger partial charge in [-0.1, -0.05) is 28.4 Å². The molecule has 1 unspecified atom stereocenters. The molecule has 0 radical (unpaired) electrons. The van der Waals surface area contributed by atoms with Gasteiger partial charge in [-0.15, -0.1) is 0 Å². The van der Waals surface area contributed by atoms with Crippen LogP contribution in [0.2, 0.25) is 18.1 Å². The Labute approximate surface area is 104 Å². The van der Waals surface area contributed by atoms with Crippen LogP contribution in [-0.4, -0.2) is 32.3 Å². The lowest BCUT2D eigenvalue weighted by atomic mass is 10.2. The lowest BCUT2D eigenvalue weighted by molar-refractivity contribution is -0.313. The van der Waals surface area contributed by atoms with Crippen LogP contribution >= 0.6 is 7.60 Å². The Morgan fingerprint density at radius 1 is 1.35 bits per heavy atom. The van der Waals surface area contributed by atoms with E-state index in [2.05, 4.69) is 20.8 Å². The standard InChI is InChI=1S/C10H25O5PSi/c1-10(2,3)17(4,5)15-9(8-11)6-7-16(12,13)14/h9,11H,6-8H2,1-5H3,(H2,12,13,14)/p-2. The van der Waals surface area contributed by atoms with Crippen LogP contribution < -0.4 is 9.79 Å². The van der Waals surface area contributed by atoms with Gasteiger partial charge in [0.05, 0.1) is 12.7 Å². The Kier molecular flexibility index (Phi) is 6.05. The molecule has 0 aliphatic rings. The summed E-state index contributed by atoms with van der Waals surface area (Å²) < 4.78 is 16.4. The molecule has 0 bridgehead atoms. The van der Waals surface area contributed by atoms with Gasteiger partial charge in [-0.25, -0.2) is 0 Å². The normalized spacial score (nSPS) is 16.0. The highest BCUT2D eigenvalue weighted by molar-refractivity contribution is 7.48. The molecule has 0 aromatic carbocycles. The fraction of sp³-hybridized carbons (Fsp3) is 1.00. The van der Waals surface area contributed by atoms with Crippen LogP contribution in [-0.2, 0) is 8.99 Å². The van der Waals surface area contributed by atoms with Crippen molar-refractivity contribution in [1.29, 1.82) is 0 Å². The second-order valence-electron chi connectivity index (χ2n) is 5.81. The molecule has 0 saturated heterocycles. The monoisotopic (exact) mass is 282 g/mol. The number of rotatable bonds is 6. The molecule has 1 atom stereocenters. The van der Waals surface area contributed by atoms with Crippen LogP contribution in [0.3, 0.4) is 0 Å². The maximum absolute atomic E-state index is 10.6. The topological polar surface area (TPSA) is 92.7 Å². The summed E-state index contributed by atoms with van der Waals surface area (Å²) in [5.41, 5.74) is 0. The Hall–Kier alpha value is 0.287. The number of hydrogen-bond acceptors (Lipinski definition) is 5. The average molecular weight is 282 g/mol. The van der Waals surface area contributed by atoms with Crippen molar-refractivity contribution in [3.05, 3.63) is 0 Å². The molecule has 1 N–H and O–H groups in total. The highest BCUT2D eigenvalue weighted by Gasteiger charge is 2.38. The van der Waals surface area contributed by atoms with E-state index in [0.29, 0.717) is 0 Å². The van der Waals surface area contributed by atoms with Crippen molar-refractivity contribution in [1.82, 2.24) is 0 Å². The van der Waals surface area contributed by atoms with E-state index in [1.807, 2.05) is 13.1 Å². The van der Waals surface area contributed by atoms with E-state index in [1.54, 1.807) is 0 Å². The van der Waals surface area contributed by atoms with Gasteiger partial charge in [0.2, 0.25) is 0 Å². The molecule has 0 aliphatic heterocycles. The SMILES string of the molecule is CC(C)(C)[Si](C)(C)OC(CO)CCP(=O)([O-])[O-]. The van der Waals surface area contributed by atoms with Crippen LogP contribution in [0, 0.1) is 0 Å². The molecule has 0 aliphatic carbocycles. The maximum atomic E-state index is 10.6. The van der Waals surface area contributed by atoms with E-state index in [1.165, 1.54) is 0 Å². The summed E-state index contributed by atoms with van der Waals surface area (Å²) in [6, 6.07) is 0. The molecule has 0 fully saturated rings. The Morgan fingerprint density at radius 2 is 1.82 bits per heavy atom. The molecule has 5 nitrogen and oxygen atoms in total. The van der Waals surface area contributed by atoms with Crippen molar-refractivity contribution in [2.75, 3.05) is 12.8 Å². The second kappa shape index (κ2) is 5.95. The molecule has 0 aromatic heterocycles. The van der Waals surface area contributed by atoms with Gasteiger partial charge in [0, 0.05) is 0 Å². The van der Waals surface area contributed by atoms with Crippen molar-refractivity contribution in [2.45, 2.75) is 51.4 Å². The zero-order valence-electron chi connectivity index (χ0n) is 11.2. The molecule has 104 valence electrons. The first-order valence-electron chi connectivity index (χ1n) is 5.69. The molecule has 7 heteroatoms. The fourth-order valence-electron chi connectivity index (χ4n) is 1.08. The lowest BCUT2D eigenvalue weighted by Gasteiger charge is -2.40. The molecule has 0 saturated carbocycles. The molecule has 17 heavy (non-hydrogen) atoms. The minimum Gasteiger partial charge on any atom is -0.811 e. The summed E-state index contributed by atoms with van der Waals surface area (Å²) >= 11 is 0. The van der Waals surface area contributed by atoms with E-state index in [9.17, 15) is 14.4 Å². The van der Waals surface area contributed by atoms with Gasteiger partial charge < -0.3 is 23.9 Å². The van der Waals surface area contributed by atoms with Gasteiger partial charge in [-0.2, -0.15) is 0 Å². The summed E-state index contributed by atoms with van der Waals surface area (Å²) in [6.45, 7) is 9.94. The molecule has 0 spiro atoms. The Balaban J connectivity index is 4.46. The summed E-state index contributed by atoms with van der Waals surface area (Å²) in [5.74, 6) is 0. The number of hydrogen-bond donors (Lipinski definition) is 1. The maximum Gasteiger partial charge on any atom is 0.192 e. The first-order chi connectivity index (χ1) is 7.39. The molecule has 0 heterocycles. The van der Waals surface area contributed by atoms with Crippen molar-refractivity contribution < 1.29 is 23.9 Å². The van der Waals surface area contributed by atoms with Gasteiger partial charge in [0.25, 0.3) is 0 Å². The molecule has 0 rings (SSSR count). The Morgan fingerprint density at radius 3 is 2.12 bits per heavy atom. The summed E-state index contributed by atoms with van der Waals surface area (Å²) in [4.78, 5) is 21.1. The first kappa shape index (κ1) is 17.3. The van der Waals surface area contributed by atoms with Gasteiger partial charge in [0.1, 0.15) is 0 Å². The van der Waals surface area contributed by atoms with E-state index in [-0.39, 0.29) is 18.1 Å². The van der Waals surface area contributed by atoms with E-state index < -0.39 is 28.2 Å². The van der Waals surface area contributed by atoms with Crippen LogP contribution in [0.5, 0.6) is 0 Å². The smallest absolute Gasteiger partial charge is 0.192 e. The van der Waals surface area contributed by atoms with E-state index in [4.69, 9.17) is 9.53 Å². The largest absolute Gasteiger partial charge is 0.811 e. The van der Waals surface area contributed by atoms with Gasteiger partial charge >= 0.3 is 0 Å². The van der Waals surface area contributed by atoms with Crippen LogP contribution in [0.25, 0.3) is 0 Å². The third-order valence-electron chi connectivity index (χ3n) is 3.20. The van der Waals surface area contributed by atoms with Crippen molar-refractivity contribution in [3.8, 4) is 0 Å². The zero-order valence-corrected chi connectivity index (χ0v) is 13.1. The van der Waals surface area contributed by atoms with Crippen LogP contribution in [0.15, 0.2) is 0 Å². The fourth-order valence-corrected chi connectivity index (χ4v) is 3.07. The minimum absolute atomic E-state index is 0.0148.